The predicted molar refractivity (Wildman–Crippen MR) is 53.6 cm³/mol. The van der Waals surface area contributed by atoms with Crippen molar-refractivity contribution in [2.75, 3.05) is 6.54 Å². The van der Waals surface area contributed by atoms with Gasteiger partial charge in [-0.15, -0.1) is 0 Å². The number of hydrogen-bond acceptors (Lipinski definition) is 2. The van der Waals surface area contributed by atoms with Crippen LogP contribution >= 0.6 is 0 Å². The lowest BCUT2D eigenvalue weighted by atomic mass is 10.1. The molecule has 1 aliphatic heterocycles. The third-order valence-electron chi connectivity index (χ3n) is 3.00. The van der Waals surface area contributed by atoms with Crippen molar-refractivity contribution in [3.05, 3.63) is 11.6 Å². The summed E-state index contributed by atoms with van der Waals surface area (Å²) in [6.07, 6.45) is 5.65. The normalized spacial score (nSPS) is 35.6. The SMILES string of the molecule is CC(O)/C=C1/CC(C)N(C2CC2)C1. The molecule has 2 nitrogen and oxygen atoms in total. The predicted octanol–water partition coefficient (Wildman–Crippen LogP) is 1.55. The van der Waals surface area contributed by atoms with Crippen molar-refractivity contribution in [2.45, 2.75) is 51.3 Å². The van der Waals surface area contributed by atoms with E-state index in [4.69, 9.17) is 0 Å². The Morgan fingerprint density at radius 3 is 2.77 bits per heavy atom. The average molecular weight is 181 g/mol. The number of rotatable bonds is 2. The molecule has 1 saturated heterocycles. The van der Waals surface area contributed by atoms with Crippen molar-refractivity contribution < 1.29 is 5.11 Å². The number of aliphatic hydroxyl groups excluding tert-OH is 1. The Labute approximate surface area is 80.2 Å². The smallest absolute Gasteiger partial charge is 0.0695 e. The molecule has 13 heavy (non-hydrogen) atoms. The fraction of sp³-hybridized carbons (Fsp3) is 0.818. The number of hydrogen-bond donors (Lipinski definition) is 1. The molecule has 2 rings (SSSR count). The molecule has 0 spiro atoms. The van der Waals surface area contributed by atoms with Crippen LogP contribution in [0.1, 0.15) is 33.1 Å². The van der Waals surface area contributed by atoms with Crippen LogP contribution in [0, 0.1) is 0 Å². The van der Waals surface area contributed by atoms with Gasteiger partial charge in [0.2, 0.25) is 0 Å². The highest BCUT2D eigenvalue weighted by atomic mass is 16.3. The molecule has 1 saturated carbocycles. The largest absolute Gasteiger partial charge is 0.389 e. The first-order valence-electron chi connectivity index (χ1n) is 5.30. The standard InChI is InChI=1S/C11H19NO/c1-8-5-10(6-9(2)13)7-12(8)11-3-4-11/h6,8-9,11,13H,3-5,7H2,1-2H3/b10-6-. The Morgan fingerprint density at radius 1 is 1.54 bits per heavy atom. The summed E-state index contributed by atoms with van der Waals surface area (Å²) < 4.78 is 0. The Hall–Kier alpha value is -0.340. The van der Waals surface area contributed by atoms with Gasteiger partial charge in [0.1, 0.15) is 0 Å². The molecule has 1 aliphatic carbocycles. The summed E-state index contributed by atoms with van der Waals surface area (Å²) in [5, 5.41) is 9.24. The van der Waals surface area contributed by atoms with Gasteiger partial charge in [-0.25, -0.2) is 0 Å². The molecule has 2 fully saturated rings. The quantitative estimate of drug-likeness (QED) is 0.653. The minimum absolute atomic E-state index is 0.277. The minimum Gasteiger partial charge on any atom is -0.389 e. The average Bonchev–Trinajstić information content (AvgIpc) is 2.77. The fourth-order valence-corrected chi connectivity index (χ4v) is 2.31. The van der Waals surface area contributed by atoms with Crippen molar-refractivity contribution >= 4 is 0 Å². The van der Waals surface area contributed by atoms with E-state index in [0.717, 1.165) is 19.0 Å². The van der Waals surface area contributed by atoms with Gasteiger partial charge in [0.05, 0.1) is 6.10 Å². The van der Waals surface area contributed by atoms with Crippen molar-refractivity contribution in [3.8, 4) is 0 Å². The molecule has 0 bridgehead atoms. The van der Waals surface area contributed by atoms with Crippen LogP contribution in [-0.4, -0.2) is 34.7 Å². The molecular weight excluding hydrogens is 162 g/mol. The van der Waals surface area contributed by atoms with Gasteiger partial charge in [0, 0.05) is 18.6 Å². The van der Waals surface area contributed by atoms with Gasteiger partial charge < -0.3 is 5.11 Å². The monoisotopic (exact) mass is 181 g/mol. The lowest BCUT2D eigenvalue weighted by Gasteiger charge is -2.19. The van der Waals surface area contributed by atoms with Gasteiger partial charge in [0.15, 0.2) is 0 Å². The summed E-state index contributed by atoms with van der Waals surface area (Å²) in [7, 11) is 0. The second-order valence-corrected chi connectivity index (χ2v) is 4.52. The summed E-state index contributed by atoms with van der Waals surface area (Å²) >= 11 is 0. The van der Waals surface area contributed by atoms with E-state index < -0.39 is 0 Å². The first kappa shape index (κ1) is 9.22. The summed E-state index contributed by atoms with van der Waals surface area (Å²) in [6, 6.07) is 1.55. The van der Waals surface area contributed by atoms with Crippen LogP contribution in [0.15, 0.2) is 11.6 Å². The molecule has 2 heteroatoms. The van der Waals surface area contributed by atoms with Gasteiger partial charge in [-0.05, 0) is 33.1 Å². The van der Waals surface area contributed by atoms with Gasteiger partial charge in [0.25, 0.3) is 0 Å². The molecule has 0 aromatic heterocycles. The number of nitrogens with zero attached hydrogens (tertiary/aromatic N) is 1. The third-order valence-corrected chi connectivity index (χ3v) is 3.00. The number of likely N-dealkylation sites (tertiary alicyclic amines) is 1. The van der Waals surface area contributed by atoms with E-state index in [2.05, 4.69) is 11.8 Å². The Morgan fingerprint density at radius 2 is 2.23 bits per heavy atom. The zero-order valence-corrected chi connectivity index (χ0v) is 8.53. The molecule has 74 valence electrons. The Bertz CT molecular complexity index is 218. The maximum Gasteiger partial charge on any atom is 0.0695 e. The van der Waals surface area contributed by atoms with Crippen LogP contribution in [0.2, 0.25) is 0 Å². The summed E-state index contributed by atoms with van der Waals surface area (Å²) in [6.45, 7) is 5.22. The highest BCUT2D eigenvalue weighted by Crippen LogP contribution is 2.35. The molecule has 0 amide bonds. The molecule has 2 atom stereocenters. The van der Waals surface area contributed by atoms with E-state index in [0.29, 0.717) is 6.04 Å². The Kier molecular flexibility index (Phi) is 2.43. The van der Waals surface area contributed by atoms with Crippen molar-refractivity contribution in [2.24, 2.45) is 0 Å². The first-order chi connectivity index (χ1) is 6.16. The lowest BCUT2D eigenvalue weighted by molar-refractivity contribution is 0.242. The molecule has 2 unspecified atom stereocenters. The van der Waals surface area contributed by atoms with Crippen LogP contribution in [0.3, 0.4) is 0 Å². The van der Waals surface area contributed by atoms with Crippen molar-refractivity contribution in [1.82, 2.24) is 4.90 Å². The highest BCUT2D eigenvalue weighted by Gasteiger charge is 2.36. The second kappa shape index (κ2) is 3.43. The van der Waals surface area contributed by atoms with E-state index in [-0.39, 0.29) is 6.10 Å². The van der Waals surface area contributed by atoms with Crippen LogP contribution in [-0.2, 0) is 0 Å². The third kappa shape index (κ3) is 2.12. The van der Waals surface area contributed by atoms with Crippen LogP contribution in [0.5, 0.6) is 0 Å². The molecular formula is C11H19NO. The molecule has 2 aliphatic rings. The summed E-state index contributed by atoms with van der Waals surface area (Å²) in [5.41, 5.74) is 1.43. The first-order valence-corrected chi connectivity index (χ1v) is 5.30. The van der Waals surface area contributed by atoms with Gasteiger partial charge in [-0.3, -0.25) is 4.90 Å². The van der Waals surface area contributed by atoms with Crippen LogP contribution < -0.4 is 0 Å². The van der Waals surface area contributed by atoms with E-state index in [1.54, 1.807) is 0 Å². The zero-order valence-electron chi connectivity index (χ0n) is 8.53. The summed E-state index contributed by atoms with van der Waals surface area (Å²) in [4.78, 5) is 2.58. The van der Waals surface area contributed by atoms with E-state index >= 15 is 0 Å². The highest BCUT2D eigenvalue weighted by molar-refractivity contribution is 5.15. The van der Waals surface area contributed by atoms with E-state index in [9.17, 15) is 5.11 Å². The fourth-order valence-electron chi connectivity index (χ4n) is 2.31. The number of aliphatic hydroxyl groups is 1. The zero-order chi connectivity index (χ0) is 9.42. The molecule has 1 heterocycles. The lowest BCUT2D eigenvalue weighted by Crippen LogP contribution is -2.28. The molecule has 0 aromatic carbocycles. The Balaban J connectivity index is 1.97. The molecule has 0 aromatic rings. The van der Waals surface area contributed by atoms with Gasteiger partial charge >= 0.3 is 0 Å². The maximum atomic E-state index is 9.24. The van der Waals surface area contributed by atoms with Crippen LogP contribution in [0.25, 0.3) is 0 Å². The van der Waals surface area contributed by atoms with E-state index in [1.165, 1.54) is 18.4 Å². The van der Waals surface area contributed by atoms with Crippen LogP contribution in [0.4, 0.5) is 0 Å². The van der Waals surface area contributed by atoms with Crippen molar-refractivity contribution in [3.63, 3.8) is 0 Å². The molecule has 0 radical (unpaired) electrons. The maximum absolute atomic E-state index is 9.24. The van der Waals surface area contributed by atoms with Gasteiger partial charge in [-0.1, -0.05) is 11.6 Å². The second-order valence-electron chi connectivity index (χ2n) is 4.52. The van der Waals surface area contributed by atoms with Gasteiger partial charge in [-0.2, -0.15) is 0 Å². The van der Waals surface area contributed by atoms with Crippen molar-refractivity contribution in [1.29, 1.82) is 0 Å². The topological polar surface area (TPSA) is 23.5 Å². The summed E-state index contributed by atoms with van der Waals surface area (Å²) in [5.74, 6) is 0. The molecule has 1 N–H and O–H groups in total. The van der Waals surface area contributed by atoms with E-state index in [1.807, 2.05) is 13.0 Å². The minimum atomic E-state index is -0.277.